The van der Waals surface area contributed by atoms with Crippen LogP contribution >= 0.6 is 0 Å². The quantitative estimate of drug-likeness (QED) is 0.186. The molecule has 3 nitrogen and oxygen atoms in total. The second kappa shape index (κ2) is 11.9. The Hall–Kier alpha value is -6.84. The first-order chi connectivity index (χ1) is 25.3. The maximum Gasteiger partial charge on any atom is 0.165 e. The van der Waals surface area contributed by atoms with E-state index in [0.29, 0.717) is 0 Å². The number of nitrogens with zero attached hydrogens (tertiary/aromatic N) is 3. The molecular formula is C48H31N3. The van der Waals surface area contributed by atoms with Gasteiger partial charge in [-0.2, -0.15) is 0 Å². The van der Waals surface area contributed by atoms with E-state index >= 15 is 0 Å². The highest BCUT2D eigenvalue weighted by atomic mass is 15.1. The van der Waals surface area contributed by atoms with E-state index in [2.05, 4.69) is 187 Å². The summed E-state index contributed by atoms with van der Waals surface area (Å²) < 4.78 is 2.31. The van der Waals surface area contributed by atoms with Crippen molar-refractivity contribution >= 4 is 43.6 Å². The molecule has 0 aliphatic rings. The number of benzene rings is 8. The fourth-order valence-corrected chi connectivity index (χ4v) is 7.49. The van der Waals surface area contributed by atoms with E-state index in [1.54, 1.807) is 0 Å². The Labute approximate surface area is 295 Å². The molecule has 0 aliphatic carbocycles. The third kappa shape index (κ3) is 4.98. The molecule has 10 aromatic rings. The van der Waals surface area contributed by atoms with Crippen molar-refractivity contribution in [2.75, 3.05) is 0 Å². The average molecular weight is 650 g/mol. The second-order valence-corrected chi connectivity index (χ2v) is 13.0. The summed E-state index contributed by atoms with van der Waals surface area (Å²) in [5.41, 5.74) is 12.7. The van der Waals surface area contributed by atoms with E-state index < -0.39 is 0 Å². The third-order valence-electron chi connectivity index (χ3n) is 9.97. The SMILES string of the molecule is c1ccc(-c2ccc(-c3cc4nc(-c5ccccc5)c(-n5c6ccccc6c6cc7ccccc7cc65)nc4cc3-c3ccccc3)cc2)cc1. The van der Waals surface area contributed by atoms with Crippen molar-refractivity contribution in [3.63, 3.8) is 0 Å². The lowest BCUT2D eigenvalue weighted by Crippen LogP contribution is -2.04. The number of para-hydroxylation sites is 1. The second-order valence-electron chi connectivity index (χ2n) is 13.0. The Morgan fingerprint density at radius 3 is 1.51 bits per heavy atom. The maximum atomic E-state index is 5.55. The van der Waals surface area contributed by atoms with Crippen LogP contribution in [0.5, 0.6) is 0 Å². The molecule has 0 bridgehead atoms. The summed E-state index contributed by atoms with van der Waals surface area (Å²) in [6, 6.07) is 66.7. The average Bonchev–Trinajstić information content (AvgIpc) is 3.53. The Bertz CT molecular complexity index is 2870. The number of hydrogen-bond acceptors (Lipinski definition) is 2. The van der Waals surface area contributed by atoms with Gasteiger partial charge in [0.25, 0.3) is 0 Å². The van der Waals surface area contributed by atoms with Crippen LogP contribution in [0.2, 0.25) is 0 Å². The highest BCUT2D eigenvalue weighted by molar-refractivity contribution is 6.14. The molecule has 0 unspecified atom stereocenters. The number of rotatable bonds is 5. The van der Waals surface area contributed by atoms with Gasteiger partial charge in [-0.3, -0.25) is 4.57 Å². The number of aromatic nitrogens is 3. The van der Waals surface area contributed by atoms with Crippen LogP contribution in [0.4, 0.5) is 0 Å². The minimum Gasteiger partial charge on any atom is -0.292 e. The van der Waals surface area contributed by atoms with E-state index in [0.717, 1.165) is 61.4 Å². The zero-order valence-corrected chi connectivity index (χ0v) is 27.7. The van der Waals surface area contributed by atoms with E-state index in [1.165, 1.54) is 32.7 Å². The van der Waals surface area contributed by atoms with Crippen LogP contribution in [0, 0.1) is 0 Å². The lowest BCUT2D eigenvalue weighted by Gasteiger charge is -2.17. The van der Waals surface area contributed by atoms with Gasteiger partial charge in [0.15, 0.2) is 5.82 Å². The summed E-state index contributed by atoms with van der Waals surface area (Å²) in [6.07, 6.45) is 0. The molecule has 0 atom stereocenters. The van der Waals surface area contributed by atoms with Gasteiger partial charge < -0.3 is 0 Å². The van der Waals surface area contributed by atoms with E-state index in [1.807, 2.05) is 6.07 Å². The van der Waals surface area contributed by atoms with Gasteiger partial charge in [-0.1, -0.05) is 158 Å². The van der Waals surface area contributed by atoms with Crippen LogP contribution in [0.15, 0.2) is 188 Å². The minimum atomic E-state index is 0.814. The molecule has 51 heavy (non-hydrogen) atoms. The van der Waals surface area contributed by atoms with E-state index in [-0.39, 0.29) is 0 Å². The van der Waals surface area contributed by atoms with Gasteiger partial charge in [-0.25, -0.2) is 9.97 Å². The van der Waals surface area contributed by atoms with Crippen LogP contribution in [-0.4, -0.2) is 14.5 Å². The monoisotopic (exact) mass is 649 g/mol. The zero-order valence-electron chi connectivity index (χ0n) is 27.7. The van der Waals surface area contributed by atoms with Crippen LogP contribution in [0.25, 0.3) is 94.1 Å². The third-order valence-corrected chi connectivity index (χ3v) is 9.97. The first kappa shape index (κ1) is 29.1. The van der Waals surface area contributed by atoms with Crippen molar-refractivity contribution in [1.82, 2.24) is 14.5 Å². The summed E-state index contributed by atoms with van der Waals surface area (Å²) in [7, 11) is 0. The molecule has 0 saturated heterocycles. The fraction of sp³-hybridized carbons (Fsp3) is 0. The molecular weight excluding hydrogens is 619 g/mol. The summed E-state index contributed by atoms with van der Waals surface area (Å²) in [5, 5.41) is 4.80. The molecule has 2 aromatic heterocycles. The molecule has 0 radical (unpaired) electrons. The summed E-state index contributed by atoms with van der Waals surface area (Å²) in [5.74, 6) is 0.814. The largest absolute Gasteiger partial charge is 0.292 e. The highest BCUT2D eigenvalue weighted by Crippen LogP contribution is 2.40. The minimum absolute atomic E-state index is 0.814. The normalized spacial score (nSPS) is 11.5. The molecule has 0 saturated carbocycles. The standard InChI is InChI=1S/C48H31N3/c1-4-14-32(15-5-1)33-24-26-35(27-25-33)41-30-43-44(31-40(41)34-16-6-2-7-17-34)50-48(47(49-43)36-18-8-3-9-19-36)51-45-23-13-12-22-39(45)42-28-37-20-10-11-21-38(37)29-46(42)51/h1-31H. The molecule has 0 fully saturated rings. The number of fused-ring (bicyclic) bond motifs is 5. The van der Waals surface area contributed by atoms with Gasteiger partial charge in [0, 0.05) is 16.3 Å². The number of hydrogen-bond donors (Lipinski definition) is 0. The zero-order chi connectivity index (χ0) is 33.7. The van der Waals surface area contributed by atoms with Crippen LogP contribution < -0.4 is 0 Å². The first-order valence-corrected chi connectivity index (χ1v) is 17.3. The first-order valence-electron chi connectivity index (χ1n) is 17.3. The van der Waals surface area contributed by atoms with Gasteiger partial charge in [0.2, 0.25) is 0 Å². The Kier molecular flexibility index (Phi) is 6.81. The van der Waals surface area contributed by atoms with Gasteiger partial charge in [0.05, 0.1) is 22.1 Å². The molecule has 0 N–H and O–H groups in total. The van der Waals surface area contributed by atoms with Gasteiger partial charge >= 0.3 is 0 Å². The lowest BCUT2D eigenvalue weighted by atomic mass is 9.92. The fourth-order valence-electron chi connectivity index (χ4n) is 7.49. The van der Waals surface area contributed by atoms with Crippen molar-refractivity contribution in [2.45, 2.75) is 0 Å². The Morgan fingerprint density at radius 1 is 0.333 bits per heavy atom. The summed E-state index contributed by atoms with van der Waals surface area (Å²) >= 11 is 0. The predicted octanol–water partition coefficient (Wildman–Crippen LogP) is 12.5. The lowest BCUT2D eigenvalue weighted by molar-refractivity contribution is 1.08. The predicted molar refractivity (Wildman–Crippen MR) is 213 cm³/mol. The smallest absolute Gasteiger partial charge is 0.165 e. The molecule has 3 heteroatoms. The maximum absolute atomic E-state index is 5.55. The van der Waals surface area contributed by atoms with Crippen LogP contribution in [-0.2, 0) is 0 Å². The Morgan fingerprint density at radius 2 is 0.824 bits per heavy atom. The van der Waals surface area contributed by atoms with Crippen molar-refractivity contribution in [3.8, 4) is 50.5 Å². The molecule has 2 heterocycles. The molecule has 238 valence electrons. The molecule has 10 rings (SSSR count). The van der Waals surface area contributed by atoms with E-state index in [9.17, 15) is 0 Å². The van der Waals surface area contributed by atoms with Crippen LogP contribution in [0.1, 0.15) is 0 Å². The van der Waals surface area contributed by atoms with E-state index in [4.69, 9.17) is 9.97 Å². The summed E-state index contributed by atoms with van der Waals surface area (Å²) in [6.45, 7) is 0. The topological polar surface area (TPSA) is 30.7 Å². The van der Waals surface area contributed by atoms with Crippen LogP contribution in [0.3, 0.4) is 0 Å². The summed E-state index contributed by atoms with van der Waals surface area (Å²) in [4.78, 5) is 11.0. The molecule has 0 spiro atoms. The van der Waals surface area contributed by atoms with Crippen molar-refractivity contribution in [3.05, 3.63) is 188 Å². The van der Waals surface area contributed by atoms with Crippen molar-refractivity contribution in [2.24, 2.45) is 0 Å². The van der Waals surface area contributed by atoms with Gasteiger partial charge in [0.1, 0.15) is 5.69 Å². The molecule has 8 aromatic carbocycles. The molecule has 0 aliphatic heterocycles. The van der Waals surface area contributed by atoms with Crippen molar-refractivity contribution in [1.29, 1.82) is 0 Å². The van der Waals surface area contributed by atoms with Gasteiger partial charge in [-0.05, 0) is 74.5 Å². The van der Waals surface area contributed by atoms with Gasteiger partial charge in [-0.15, -0.1) is 0 Å². The Balaban J connectivity index is 1.26. The molecule has 0 amide bonds. The van der Waals surface area contributed by atoms with Crippen molar-refractivity contribution < 1.29 is 0 Å². The highest BCUT2D eigenvalue weighted by Gasteiger charge is 2.21.